The third-order valence-corrected chi connectivity index (χ3v) is 7.38. The third kappa shape index (κ3) is 2.46. The van der Waals surface area contributed by atoms with Crippen LogP contribution in [-0.4, -0.2) is 22.7 Å². The fourth-order valence-corrected chi connectivity index (χ4v) is 5.71. The van der Waals surface area contributed by atoms with Gasteiger partial charge in [-0.2, -0.15) is 0 Å². The Morgan fingerprint density at radius 3 is 2.62 bits per heavy atom. The molecule has 1 aliphatic heterocycles. The van der Waals surface area contributed by atoms with Gasteiger partial charge in [0.05, 0.1) is 28.2 Å². The van der Waals surface area contributed by atoms with Crippen molar-refractivity contribution in [3.63, 3.8) is 0 Å². The Morgan fingerprint density at radius 1 is 1.06 bits per heavy atom. The molecule has 2 fully saturated rings. The van der Waals surface area contributed by atoms with E-state index in [1.165, 1.54) is 4.90 Å². The molecule has 3 amide bonds. The fraction of sp³-hybridized carbons (Fsp3) is 0.231. The highest BCUT2D eigenvalue weighted by Crippen LogP contribution is 2.60. The molecule has 2 heterocycles. The summed E-state index contributed by atoms with van der Waals surface area (Å²) in [4.78, 5) is 44.9. The Kier molecular flexibility index (Phi) is 3.90. The zero-order valence-electron chi connectivity index (χ0n) is 17.5. The first-order chi connectivity index (χ1) is 15.5. The predicted molar refractivity (Wildman–Crippen MR) is 121 cm³/mol. The van der Waals surface area contributed by atoms with Gasteiger partial charge in [-0.05, 0) is 61.6 Å². The van der Waals surface area contributed by atoms with Gasteiger partial charge in [-0.25, -0.2) is 4.90 Å². The average molecular weight is 423 g/mol. The molecule has 0 radical (unpaired) electrons. The van der Waals surface area contributed by atoms with Crippen LogP contribution in [-0.2, 0) is 9.59 Å². The quantitative estimate of drug-likeness (QED) is 0.506. The molecule has 2 aromatic carbocycles. The summed E-state index contributed by atoms with van der Waals surface area (Å²) in [6, 6.07) is 16.0. The predicted octanol–water partition coefficient (Wildman–Crippen LogP) is 4.19. The fourth-order valence-electron chi connectivity index (χ4n) is 5.71. The van der Waals surface area contributed by atoms with Crippen molar-refractivity contribution in [3.05, 3.63) is 78.5 Å². The van der Waals surface area contributed by atoms with Gasteiger partial charge in [0.15, 0.2) is 0 Å². The lowest BCUT2D eigenvalue weighted by atomic mass is 9.71. The molecule has 3 aliphatic rings. The minimum atomic E-state index is -0.659. The van der Waals surface area contributed by atoms with Crippen molar-refractivity contribution in [2.45, 2.75) is 13.3 Å². The van der Waals surface area contributed by atoms with Gasteiger partial charge in [0.2, 0.25) is 11.8 Å². The smallest absolute Gasteiger partial charge is 0.255 e. The van der Waals surface area contributed by atoms with Crippen molar-refractivity contribution in [3.8, 4) is 0 Å². The van der Waals surface area contributed by atoms with Crippen LogP contribution >= 0.6 is 0 Å². The molecule has 1 saturated heterocycles. The van der Waals surface area contributed by atoms with E-state index in [0.717, 1.165) is 17.3 Å². The lowest BCUT2D eigenvalue weighted by Gasteiger charge is -2.28. The van der Waals surface area contributed by atoms with Gasteiger partial charge in [0.1, 0.15) is 0 Å². The van der Waals surface area contributed by atoms with Crippen LogP contribution in [0.25, 0.3) is 10.9 Å². The van der Waals surface area contributed by atoms with Gasteiger partial charge < -0.3 is 5.32 Å². The molecule has 6 heteroatoms. The normalized spacial score (nSPS) is 27.9. The molecule has 6 rings (SSSR count). The number of allylic oxidation sites excluding steroid dienone is 2. The van der Waals surface area contributed by atoms with Gasteiger partial charge in [-0.15, -0.1) is 0 Å². The van der Waals surface area contributed by atoms with Crippen LogP contribution in [0, 0.1) is 23.2 Å². The van der Waals surface area contributed by atoms with Crippen LogP contribution in [0.1, 0.15) is 23.7 Å². The molecule has 3 aromatic rings. The molecule has 6 nitrogen and oxygen atoms in total. The number of aromatic nitrogens is 1. The number of nitrogens with zero attached hydrogens (tertiary/aromatic N) is 2. The molecule has 2 bridgehead atoms. The summed E-state index contributed by atoms with van der Waals surface area (Å²) in [6.07, 6.45) is 6.75. The summed E-state index contributed by atoms with van der Waals surface area (Å²) in [5.74, 6) is -0.562. The second-order valence-corrected chi connectivity index (χ2v) is 9.01. The zero-order chi connectivity index (χ0) is 22.0. The highest BCUT2D eigenvalue weighted by Gasteiger charge is 2.67. The zero-order valence-corrected chi connectivity index (χ0v) is 17.5. The molecule has 0 spiro atoms. The average Bonchev–Trinajstić information content (AvgIpc) is 3.45. The Labute approximate surface area is 184 Å². The number of fused-ring (bicyclic) bond motifs is 6. The lowest BCUT2D eigenvalue weighted by molar-refractivity contribution is -0.127. The number of carbonyl (C=O) groups is 3. The van der Waals surface area contributed by atoms with Crippen molar-refractivity contribution in [1.82, 2.24) is 4.98 Å². The van der Waals surface area contributed by atoms with Gasteiger partial charge in [0.25, 0.3) is 5.91 Å². The summed E-state index contributed by atoms with van der Waals surface area (Å²) >= 11 is 0. The number of nitrogens with one attached hydrogen (secondary N) is 1. The van der Waals surface area contributed by atoms with Crippen molar-refractivity contribution in [1.29, 1.82) is 0 Å². The topological polar surface area (TPSA) is 79.4 Å². The molecule has 158 valence electrons. The molecule has 1 aromatic heterocycles. The Hall–Kier alpha value is -3.80. The monoisotopic (exact) mass is 423 g/mol. The first kappa shape index (κ1) is 18.9. The van der Waals surface area contributed by atoms with Crippen molar-refractivity contribution < 1.29 is 14.4 Å². The highest BCUT2D eigenvalue weighted by atomic mass is 16.2. The van der Waals surface area contributed by atoms with Gasteiger partial charge in [0, 0.05) is 17.1 Å². The lowest BCUT2D eigenvalue weighted by Crippen LogP contribution is -2.37. The maximum Gasteiger partial charge on any atom is 0.255 e. The Balaban J connectivity index is 1.26. The first-order valence-electron chi connectivity index (χ1n) is 10.8. The van der Waals surface area contributed by atoms with Crippen LogP contribution in [0.5, 0.6) is 0 Å². The van der Waals surface area contributed by atoms with E-state index in [4.69, 9.17) is 0 Å². The van der Waals surface area contributed by atoms with Crippen molar-refractivity contribution >= 4 is 40.0 Å². The molecule has 1 N–H and O–H groups in total. The number of hydrogen-bond donors (Lipinski definition) is 1. The Morgan fingerprint density at radius 2 is 1.84 bits per heavy atom. The van der Waals surface area contributed by atoms with E-state index in [1.54, 1.807) is 30.5 Å². The van der Waals surface area contributed by atoms with E-state index < -0.39 is 5.41 Å². The number of imide groups is 1. The number of pyridine rings is 1. The second kappa shape index (κ2) is 6.60. The number of rotatable bonds is 3. The maximum absolute atomic E-state index is 13.3. The van der Waals surface area contributed by atoms with E-state index in [1.807, 2.05) is 37.3 Å². The van der Waals surface area contributed by atoms with Crippen LogP contribution in [0.4, 0.5) is 11.4 Å². The number of benzene rings is 2. The molecule has 32 heavy (non-hydrogen) atoms. The largest absolute Gasteiger partial charge is 0.320 e. The molecular weight excluding hydrogens is 402 g/mol. The number of para-hydroxylation sites is 1. The summed E-state index contributed by atoms with van der Waals surface area (Å²) < 4.78 is 0. The van der Waals surface area contributed by atoms with Crippen LogP contribution < -0.4 is 10.2 Å². The molecule has 4 unspecified atom stereocenters. The minimum Gasteiger partial charge on any atom is -0.320 e. The van der Waals surface area contributed by atoms with Crippen LogP contribution in [0.3, 0.4) is 0 Å². The van der Waals surface area contributed by atoms with Gasteiger partial charge in [-0.1, -0.05) is 30.4 Å². The number of anilines is 2. The summed E-state index contributed by atoms with van der Waals surface area (Å²) in [6.45, 7) is 1.92. The summed E-state index contributed by atoms with van der Waals surface area (Å²) in [5, 5.41) is 3.85. The number of hydrogen-bond acceptors (Lipinski definition) is 4. The minimum absolute atomic E-state index is 0.123. The number of carbonyl (C=O) groups excluding carboxylic acids is 3. The van der Waals surface area contributed by atoms with E-state index >= 15 is 0 Å². The van der Waals surface area contributed by atoms with E-state index in [2.05, 4.69) is 22.5 Å². The molecular formula is C26H21N3O3. The van der Waals surface area contributed by atoms with E-state index in [-0.39, 0.29) is 35.5 Å². The summed E-state index contributed by atoms with van der Waals surface area (Å²) in [7, 11) is 0. The van der Waals surface area contributed by atoms with Crippen molar-refractivity contribution in [2.24, 2.45) is 23.2 Å². The van der Waals surface area contributed by atoms with E-state index in [0.29, 0.717) is 16.9 Å². The third-order valence-electron chi connectivity index (χ3n) is 7.38. The second-order valence-electron chi connectivity index (χ2n) is 9.01. The molecule has 1 saturated carbocycles. The van der Waals surface area contributed by atoms with Gasteiger partial charge >= 0.3 is 0 Å². The number of amides is 3. The highest BCUT2D eigenvalue weighted by molar-refractivity contribution is 6.24. The Bertz CT molecular complexity index is 1320. The van der Waals surface area contributed by atoms with Crippen LogP contribution in [0.2, 0.25) is 0 Å². The molecule has 2 aliphatic carbocycles. The maximum atomic E-state index is 13.3. The van der Waals surface area contributed by atoms with E-state index in [9.17, 15) is 14.4 Å². The SMILES string of the molecule is CC12C(=O)N(c3ccc(C(=O)Nc4cccc5cccnc45)cc3)C(=O)C1C1C=CC2C1. The van der Waals surface area contributed by atoms with Crippen molar-refractivity contribution in [2.75, 3.05) is 10.2 Å². The summed E-state index contributed by atoms with van der Waals surface area (Å²) in [5.41, 5.74) is 1.64. The van der Waals surface area contributed by atoms with Gasteiger partial charge in [-0.3, -0.25) is 19.4 Å². The first-order valence-corrected chi connectivity index (χ1v) is 10.8. The standard InChI is InChI=1S/C26H21N3O3/c1-26-18-10-7-17(14-18)21(26)24(31)29(25(26)32)19-11-8-16(9-12-19)23(30)28-20-6-2-4-15-5-3-13-27-22(15)20/h2-13,17-18,21H,14H2,1H3,(H,28,30). The molecule has 4 atom stereocenters. The van der Waals surface area contributed by atoms with Crippen LogP contribution in [0.15, 0.2) is 72.9 Å².